The van der Waals surface area contributed by atoms with Crippen LogP contribution in [0.5, 0.6) is 11.5 Å². The number of para-hydroxylation sites is 1. The van der Waals surface area contributed by atoms with Crippen molar-refractivity contribution in [3.05, 3.63) is 23.8 Å². The normalized spacial score (nSPS) is 20.9. The minimum absolute atomic E-state index is 0.0907. The molecule has 0 amide bonds. The maximum atomic E-state index is 6.14. The van der Waals surface area contributed by atoms with Gasteiger partial charge in [0.15, 0.2) is 11.5 Å². The zero-order valence-electron chi connectivity index (χ0n) is 12.4. The largest absolute Gasteiger partial charge is 0.493 e. The summed E-state index contributed by atoms with van der Waals surface area (Å²) in [6.07, 6.45) is 7.44. The number of hydrogen-bond donors (Lipinski definition) is 1. The van der Waals surface area contributed by atoms with Crippen molar-refractivity contribution in [1.29, 1.82) is 0 Å². The maximum Gasteiger partial charge on any atom is 0.164 e. The van der Waals surface area contributed by atoms with E-state index < -0.39 is 0 Å². The highest BCUT2D eigenvalue weighted by atomic mass is 16.5. The molecule has 3 rings (SSSR count). The molecular formula is C17H25NO2. The van der Waals surface area contributed by atoms with Crippen molar-refractivity contribution in [3.8, 4) is 11.5 Å². The first-order valence-corrected chi connectivity index (χ1v) is 7.79. The van der Waals surface area contributed by atoms with Crippen LogP contribution in [0.15, 0.2) is 18.2 Å². The van der Waals surface area contributed by atoms with Crippen LogP contribution in [0.4, 0.5) is 0 Å². The Balaban J connectivity index is 1.94. The smallest absolute Gasteiger partial charge is 0.164 e. The number of ether oxygens (including phenoxy) is 2. The van der Waals surface area contributed by atoms with Gasteiger partial charge in [-0.1, -0.05) is 25.0 Å². The fourth-order valence-corrected chi connectivity index (χ4v) is 3.36. The summed E-state index contributed by atoms with van der Waals surface area (Å²) in [6.45, 7) is 1.51. The summed E-state index contributed by atoms with van der Waals surface area (Å²) in [7, 11) is 1.72. The fraction of sp³-hybridized carbons (Fsp3) is 0.647. The van der Waals surface area contributed by atoms with E-state index in [1.54, 1.807) is 7.11 Å². The topological polar surface area (TPSA) is 44.5 Å². The standard InChI is InChI=1S/C17H25NO2/c1-19-15-6-4-5-14(16(15)20-11-13-7-8-13)17(12-18)9-2-3-10-17/h4-6,13H,2-3,7-12,18H2,1H3. The molecular weight excluding hydrogens is 250 g/mol. The molecule has 0 aromatic heterocycles. The fourth-order valence-electron chi connectivity index (χ4n) is 3.36. The summed E-state index contributed by atoms with van der Waals surface area (Å²) in [5, 5.41) is 0. The van der Waals surface area contributed by atoms with E-state index in [1.807, 2.05) is 6.07 Å². The molecule has 110 valence electrons. The third kappa shape index (κ3) is 2.51. The van der Waals surface area contributed by atoms with Crippen LogP contribution in [0, 0.1) is 5.92 Å². The number of rotatable bonds is 6. The van der Waals surface area contributed by atoms with Gasteiger partial charge in [0, 0.05) is 17.5 Å². The predicted octanol–water partition coefficient (Wildman–Crippen LogP) is 3.25. The van der Waals surface area contributed by atoms with Gasteiger partial charge in [-0.25, -0.2) is 0 Å². The lowest BCUT2D eigenvalue weighted by molar-refractivity contribution is 0.269. The van der Waals surface area contributed by atoms with Gasteiger partial charge in [0.2, 0.25) is 0 Å². The zero-order chi connectivity index (χ0) is 14.0. The second-order valence-electron chi connectivity index (χ2n) is 6.28. The van der Waals surface area contributed by atoms with E-state index >= 15 is 0 Å². The van der Waals surface area contributed by atoms with E-state index in [9.17, 15) is 0 Å². The number of methoxy groups -OCH3 is 1. The Morgan fingerprint density at radius 2 is 2.00 bits per heavy atom. The number of hydrogen-bond acceptors (Lipinski definition) is 3. The average Bonchev–Trinajstić information content (AvgIpc) is 3.20. The van der Waals surface area contributed by atoms with Gasteiger partial charge in [0.1, 0.15) is 0 Å². The summed E-state index contributed by atoms with van der Waals surface area (Å²) in [4.78, 5) is 0. The van der Waals surface area contributed by atoms with E-state index in [4.69, 9.17) is 15.2 Å². The molecule has 0 heterocycles. The monoisotopic (exact) mass is 275 g/mol. The average molecular weight is 275 g/mol. The Labute approximate surface area is 121 Å². The zero-order valence-corrected chi connectivity index (χ0v) is 12.4. The predicted molar refractivity (Wildman–Crippen MR) is 80.4 cm³/mol. The molecule has 0 unspecified atom stereocenters. The molecule has 2 aliphatic rings. The van der Waals surface area contributed by atoms with Crippen molar-refractivity contribution in [1.82, 2.24) is 0 Å². The molecule has 2 aliphatic carbocycles. The highest BCUT2D eigenvalue weighted by molar-refractivity contribution is 5.51. The summed E-state index contributed by atoms with van der Waals surface area (Å²) in [5.74, 6) is 2.53. The molecule has 20 heavy (non-hydrogen) atoms. The molecule has 3 nitrogen and oxygen atoms in total. The van der Waals surface area contributed by atoms with Crippen molar-refractivity contribution in [3.63, 3.8) is 0 Å². The molecule has 3 heteroatoms. The van der Waals surface area contributed by atoms with Gasteiger partial charge in [-0.3, -0.25) is 0 Å². The molecule has 0 spiro atoms. The van der Waals surface area contributed by atoms with Crippen LogP contribution in [-0.4, -0.2) is 20.3 Å². The van der Waals surface area contributed by atoms with Gasteiger partial charge in [0.25, 0.3) is 0 Å². The Morgan fingerprint density at radius 1 is 1.25 bits per heavy atom. The molecule has 0 saturated heterocycles. The van der Waals surface area contributed by atoms with Gasteiger partial charge in [-0.05, 0) is 37.7 Å². The van der Waals surface area contributed by atoms with Crippen LogP contribution >= 0.6 is 0 Å². The van der Waals surface area contributed by atoms with E-state index in [1.165, 1.54) is 31.2 Å². The van der Waals surface area contributed by atoms with Crippen molar-refractivity contribution in [2.75, 3.05) is 20.3 Å². The molecule has 1 aromatic carbocycles. The SMILES string of the molecule is COc1cccc(C2(CN)CCCC2)c1OCC1CC1. The van der Waals surface area contributed by atoms with Crippen LogP contribution in [0.3, 0.4) is 0 Å². The molecule has 2 fully saturated rings. The van der Waals surface area contributed by atoms with Gasteiger partial charge in [-0.15, -0.1) is 0 Å². The van der Waals surface area contributed by atoms with E-state index in [0.29, 0.717) is 6.54 Å². The molecule has 1 aromatic rings. The van der Waals surface area contributed by atoms with Crippen molar-refractivity contribution in [2.24, 2.45) is 11.7 Å². The van der Waals surface area contributed by atoms with Crippen LogP contribution in [-0.2, 0) is 5.41 Å². The highest BCUT2D eigenvalue weighted by Gasteiger charge is 2.37. The van der Waals surface area contributed by atoms with E-state index in [2.05, 4.69) is 12.1 Å². The second kappa shape index (κ2) is 5.65. The molecule has 0 atom stereocenters. The molecule has 2 saturated carbocycles. The van der Waals surface area contributed by atoms with Crippen molar-refractivity contribution in [2.45, 2.75) is 43.9 Å². The molecule has 0 aliphatic heterocycles. The summed E-state index contributed by atoms with van der Waals surface area (Å²) in [5.41, 5.74) is 7.49. The van der Waals surface area contributed by atoms with Gasteiger partial charge in [0.05, 0.1) is 13.7 Å². The second-order valence-corrected chi connectivity index (χ2v) is 6.28. The maximum absolute atomic E-state index is 6.14. The van der Waals surface area contributed by atoms with Crippen LogP contribution in [0.25, 0.3) is 0 Å². The minimum atomic E-state index is 0.0907. The van der Waals surface area contributed by atoms with E-state index in [-0.39, 0.29) is 5.41 Å². The Bertz CT molecular complexity index is 462. The third-order valence-electron chi connectivity index (χ3n) is 4.88. The quantitative estimate of drug-likeness (QED) is 0.866. The first-order valence-electron chi connectivity index (χ1n) is 7.79. The Kier molecular flexibility index (Phi) is 3.88. The molecule has 2 N–H and O–H groups in total. The first-order chi connectivity index (χ1) is 9.79. The Morgan fingerprint density at radius 3 is 2.60 bits per heavy atom. The highest BCUT2D eigenvalue weighted by Crippen LogP contribution is 2.47. The lowest BCUT2D eigenvalue weighted by Crippen LogP contribution is -2.32. The number of nitrogens with two attached hydrogens (primary N) is 1. The Hall–Kier alpha value is -1.22. The van der Waals surface area contributed by atoms with Crippen molar-refractivity contribution >= 4 is 0 Å². The minimum Gasteiger partial charge on any atom is -0.493 e. The van der Waals surface area contributed by atoms with Gasteiger partial charge >= 0.3 is 0 Å². The lowest BCUT2D eigenvalue weighted by Gasteiger charge is -2.30. The lowest BCUT2D eigenvalue weighted by atomic mass is 9.78. The number of benzene rings is 1. The first kappa shape index (κ1) is 13.7. The van der Waals surface area contributed by atoms with Gasteiger partial charge in [-0.2, -0.15) is 0 Å². The third-order valence-corrected chi connectivity index (χ3v) is 4.88. The van der Waals surface area contributed by atoms with Crippen molar-refractivity contribution < 1.29 is 9.47 Å². The van der Waals surface area contributed by atoms with Crippen LogP contribution in [0.2, 0.25) is 0 Å². The molecule has 0 bridgehead atoms. The van der Waals surface area contributed by atoms with Crippen LogP contribution in [0.1, 0.15) is 44.1 Å². The summed E-state index contributed by atoms with van der Waals surface area (Å²) < 4.78 is 11.7. The van der Waals surface area contributed by atoms with Gasteiger partial charge < -0.3 is 15.2 Å². The van der Waals surface area contributed by atoms with E-state index in [0.717, 1.165) is 36.9 Å². The summed E-state index contributed by atoms with van der Waals surface area (Å²) >= 11 is 0. The van der Waals surface area contributed by atoms with Crippen LogP contribution < -0.4 is 15.2 Å². The summed E-state index contributed by atoms with van der Waals surface area (Å²) in [6, 6.07) is 6.24. The molecule has 0 radical (unpaired) electrons.